The molecule has 7 nitrogen and oxygen atoms in total. The third kappa shape index (κ3) is 5.31. The maximum atomic E-state index is 12.0. The van der Waals surface area contributed by atoms with Crippen LogP contribution in [0.5, 0.6) is 5.75 Å². The molecule has 0 bridgehead atoms. The number of rotatable bonds is 7. The largest absolute Gasteiger partial charge is 0.484 e. The standard InChI is InChI=1S/C19H26N5O2/c1-22-8-10-24(11-9-22)7-6-20-19(25)15-26-18-5-3-4-16(12-18)17-13-21-23(2)14-17/h4-5,12-14H,6-11,15H2,1-2H3,(H,20,25). The maximum Gasteiger partial charge on any atom is 0.257 e. The highest BCUT2D eigenvalue weighted by Gasteiger charge is 2.13. The summed E-state index contributed by atoms with van der Waals surface area (Å²) in [4.78, 5) is 16.7. The monoisotopic (exact) mass is 356 g/mol. The van der Waals surface area contributed by atoms with Gasteiger partial charge < -0.3 is 15.0 Å². The van der Waals surface area contributed by atoms with E-state index in [-0.39, 0.29) is 12.5 Å². The Balaban J connectivity index is 1.40. The van der Waals surface area contributed by atoms with Crippen molar-refractivity contribution in [3.8, 4) is 16.9 Å². The summed E-state index contributed by atoms with van der Waals surface area (Å²) in [7, 11) is 4.01. The van der Waals surface area contributed by atoms with Crippen molar-refractivity contribution in [2.45, 2.75) is 0 Å². The van der Waals surface area contributed by atoms with Crippen LogP contribution >= 0.6 is 0 Å². The van der Waals surface area contributed by atoms with Crippen molar-refractivity contribution >= 4 is 5.91 Å². The molecule has 1 aromatic carbocycles. The molecule has 1 aliphatic heterocycles. The molecule has 0 saturated carbocycles. The number of nitrogens with one attached hydrogen (secondary N) is 1. The predicted octanol–water partition coefficient (Wildman–Crippen LogP) is 0.630. The van der Waals surface area contributed by atoms with E-state index in [4.69, 9.17) is 4.74 Å². The molecule has 7 heteroatoms. The first-order chi connectivity index (χ1) is 12.6. The maximum absolute atomic E-state index is 12.0. The van der Waals surface area contributed by atoms with Crippen molar-refractivity contribution in [3.05, 3.63) is 36.7 Å². The SMILES string of the molecule is CN1CCN(CCNC(=O)COc2c[c]cc(-c3cnn(C)c3)c2)CC1. The van der Waals surface area contributed by atoms with Crippen molar-refractivity contribution in [2.75, 3.05) is 52.9 Å². The van der Waals surface area contributed by atoms with Gasteiger partial charge in [0.1, 0.15) is 5.75 Å². The minimum absolute atomic E-state index is 0.00701. The van der Waals surface area contributed by atoms with Crippen molar-refractivity contribution in [3.63, 3.8) is 0 Å². The van der Waals surface area contributed by atoms with Crippen molar-refractivity contribution in [2.24, 2.45) is 7.05 Å². The Morgan fingerprint density at radius 2 is 2.04 bits per heavy atom. The van der Waals surface area contributed by atoms with E-state index < -0.39 is 0 Å². The van der Waals surface area contributed by atoms with Crippen LogP contribution in [0.2, 0.25) is 0 Å². The van der Waals surface area contributed by atoms with Gasteiger partial charge in [-0.1, -0.05) is 0 Å². The van der Waals surface area contributed by atoms with E-state index in [2.05, 4.69) is 33.3 Å². The van der Waals surface area contributed by atoms with Crippen molar-refractivity contribution in [1.82, 2.24) is 24.9 Å². The fourth-order valence-corrected chi connectivity index (χ4v) is 2.90. The van der Waals surface area contributed by atoms with Crippen molar-refractivity contribution in [1.29, 1.82) is 0 Å². The van der Waals surface area contributed by atoms with Gasteiger partial charge in [-0.15, -0.1) is 0 Å². The van der Waals surface area contributed by atoms with Gasteiger partial charge in [-0.05, 0) is 36.9 Å². The Kier molecular flexibility index (Phi) is 6.25. The highest BCUT2D eigenvalue weighted by molar-refractivity contribution is 5.77. The first-order valence-electron chi connectivity index (χ1n) is 8.91. The summed E-state index contributed by atoms with van der Waals surface area (Å²) >= 11 is 0. The number of benzene rings is 1. The number of ether oxygens (including phenoxy) is 1. The number of likely N-dealkylation sites (N-methyl/N-ethyl adjacent to an activating group) is 1. The summed E-state index contributed by atoms with van der Waals surface area (Å²) < 4.78 is 7.35. The number of nitrogens with zero attached hydrogens (tertiary/aromatic N) is 4. The zero-order valence-electron chi connectivity index (χ0n) is 15.4. The first-order valence-corrected chi connectivity index (χ1v) is 8.91. The van der Waals surface area contributed by atoms with E-state index in [1.807, 2.05) is 25.4 Å². The summed E-state index contributed by atoms with van der Waals surface area (Å²) in [6, 6.07) is 8.55. The molecule has 26 heavy (non-hydrogen) atoms. The van der Waals surface area contributed by atoms with Gasteiger partial charge in [0.2, 0.25) is 0 Å². The van der Waals surface area contributed by atoms with E-state index in [1.165, 1.54) is 0 Å². The van der Waals surface area contributed by atoms with Gasteiger partial charge in [-0.3, -0.25) is 14.4 Å². The van der Waals surface area contributed by atoms with Gasteiger partial charge >= 0.3 is 0 Å². The quantitative estimate of drug-likeness (QED) is 0.788. The third-order valence-corrected chi connectivity index (χ3v) is 4.52. The topological polar surface area (TPSA) is 62.6 Å². The fraction of sp³-hybridized carbons (Fsp3) is 0.474. The molecule has 0 atom stereocenters. The smallest absolute Gasteiger partial charge is 0.257 e. The Bertz CT molecular complexity index is 722. The lowest BCUT2D eigenvalue weighted by Gasteiger charge is -2.32. The van der Waals surface area contributed by atoms with Crippen LogP contribution in [0.4, 0.5) is 0 Å². The Morgan fingerprint density at radius 3 is 2.77 bits per heavy atom. The molecule has 1 aromatic heterocycles. The van der Waals surface area contributed by atoms with Crippen molar-refractivity contribution < 1.29 is 9.53 Å². The van der Waals surface area contributed by atoms with Crippen LogP contribution in [0.1, 0.15) is 0 Å². The summed E-state index contributed by atoms with van der Waals surface area (Å²) in [5.74, 6) is 0.520. The van der Waals surface area contributed by atoms with Crippen LogP contribution in [0.25, 0.3) is 11.1 Å². The average Bonchev–Trinajstić information content (AvgIpc) is 3.08. The zero-order valence-corrected chi connectivity index (χ0v) is 15.4. The van der Waals surface area contributed by atoms with Crippen LogP contribution in [0.15, 0.2) is 30.6 Å². The lowest BCUT2D eigenvalue weighted by molar-refractivity contribution is -0.123. The molecule has 0 unspecified atom stereocenters. The average molecular weight is 356 g/mol. The Hall–Kier alpha value is -2.38. The predicted molar refractivity (Wildman–Crippen MR) is 99.9 cm³/mol. The number of aryl methyl sites for hydroxylation is 1. The van der Waals surface area contributed by atoms with Gasteiger partial charge in [0.05, 0.1) is 6.20 Å². The van der Waals surface area contributed by atoms with Gasteiger partial charge in [-0.25, -0.2) is 0 Å². The summed E-state index contributed by atoms with van der Waals surface area (Å²) in [5, 5.41) is 7.08. The molecule has 2 aromatic rings. The highest BCUT2D eigenvalue weighted by Crippen LogP contribution is 2.22. The number of piperazine rings is 1. The molecular formula is C19H26N5O2. The van der Waals surface area contributed by atoms with Crippen LogP contribution in [-0.4, -0.2) is 78.4 Å². The number of hydrogen-bond acceptors (Lipinski definition) is 5. The zero-order chi connectivity index (χ0) is 18.4. The molecule has 0 spiro atoms. The van der Waals surface area contributed by atoms with E-state index >= 15 is 0 Å². The number of carbonyl (C=O) groups excluding carboxylic acids is 1. The second-order valence-corrected chi connectivity index (χ2v) is 6.64. The third-order valence-electron chi connectivity index (χ3n) is 4.52. The van der Waals surface area contributed by atoms with E-state index in [0.717, 1.165) is 43.9 Å². The van der Waals surface area contributed by atoms with Gasteiger partial charge in [0, 0.05) is 58.1 Å². The Labute approximate surface area is 154 Å². The lowest BCUT2D eigenvalue weighted by atomic mass is 10.1. The van der Waals surface area contributed by atoms with E-state index in [9.17, 15) is 4.79 Å². The number of amides is 1. The summed E-state index contributed by atoms with van der Waals surface area (Å²) in [5.41, 5.74) is 1.96. The second kappa shape index (κ2) is 8.82. The molecule has 1 amide bonds. The molecule has 1 saturated heterocycles. The number of aromatic nitrogens is 2. The van der Waals surface area contributed by atoms with Crippen LogP contribution in [-0.2, 0) is 11.8 Å². The molecule has 1 fully saturated rings. The first kappa shape index (κ1) is 18.4. The van der Waals surface area contributed by atoms with Gasteiger partial charge in [0.25, 0.3) is 5.91 Å². The minimum Gasteiger partial charge on any atom is -0.484 e. The lowest BCUT2D eigenvalue weighted by Crippen LogP contribution is -2.47. The van der Waals surface area contributed by atoms with Crippen LogP contribution in [0.3, 0.4) is 0 Å². The second-order valence-electron chi connectivity index (χ2n) is 6.64. The van der Waals surface area contributed by atoms with Gasteiger partial charge in [0.15, 0.2) is 6.61 Å². The summed E-state index contributed by atoms with van der Waals surface area (Å²) in [6.45, 7) is 5.81. The normalized spacial score (nSPS) is 15.8. The molecule has 2 heterocycles. The molecule has 1 N–H and O–H groups in total. The summed E-state index contributed by atoms with van der Waals surface area (Å²) in [6.07, 6.45) is 3.72. The van der Waals surface area contributed by atoms with Crippen LogP contribution in [0, 0.1) is 6.07 Å². The molecule has 1 aliphatic rings. The molecule has 0 aliphatic carbocycles. The van der Waals surface area contributed by atoms with Gasteiger partial charge in [-0.2, -0.15) is 5.10 Å². The molecule has 1 radical (unpaired) electrons. The number of hydrogen-bond donors (Lipinski definition) is 1. The molecule has 3 rings (SSSR count). The minimum atomic E-state index is -0.106. The number of carbonyl (C=O) groups is 1. The van der Waals surface area contributed by atoms with E-state index in [1.54, 1.807) is 16.9 Å². The molecule has 139 valence electrons. The fourth-order valence-electron chi connectivity index (χ4n) is 2.90. The van der Waals surface area contributed by atoms with E-state index in [0.29, 0.717) is 12.3 Å². The Morgan fingerprint density at radius 1 is 1.23 bits per heavy atom. The van der Waals surface area contributed by atoms with Crippen LogP contribution < -0.4 is 10.1 Å². The molecular weight excluding hydrogens is 330 g/mol. The highest BCUT2D eigenvalue weighted by atomic mass is 16.5.